The van der Waals surface area contributed by atoms with E-state index in [4.69, 9.17) is 0 Å². The van der Waals surface area contributed by atoms with Crippen LogP contribution >= 0.6 is 0 Å². The van der Waals surface area contributed by atoms with Gasteiger partial charge in [0.05, 0.1) is 5.69 Å². The fourth-order valence-electron chi connectivity index (χ4n) is 1.33. The molecule has 0 aliphatic rings. The lowest BCUT2D eigenvalue weighted by Crippen LogP contribution is -2.00. The van der Waals surface area contributed by atoms with Crippen molar-refractivity contribution < 1.29 is 0 Å². The normalized spacial score (nSPS) is 11.1. The zero-order valence-electron chi connectivity index (χ0n) is 8.95. The Morgan fingerprint density at radius 2 is 2.15 bits per heavy atom. The van der Waals surface area contributed by atoms with Crippen LogP contribution in [0.15, 0.2) is 12.3 Å². The van der Waals surface area contributed by atoms with E-state index in [2.05, 4.69) is 42.8 Å². The van der Waals surface area contributed by atoms with Crippen LogP contribution in [-0.2, 0) is 6.54 Å². The van der Waals surface area contributed by atoms with Gasteiger partial charge in [-0.3, -0.25) is 4.68 Å². The van der Waals surface area contributed by atoms with E-state index in [1.54, 1.807) is 0 Å². The van der Waals surface area contributed by atoms with Crippen molar-refractivity contribution in [3.63, 3.8) is 0 Å². The summed E-state index contributed by atoms with van der Waals surface area (Å²) in [6, 6.07) is 2.12. The number of unbranched alkanes of at least 4 members (excludes halogenated alkanes) is 2. The maximum Gasteiger partial charge on any atom is 0.0649 e. The molecule has 0 N–H and O–H groups in total. The van der Waals surface area contributed by atoms with Crippen molar-refractivity contribution >= 4 is 0 Å². The number of hydrogen-bond acceptors (Lipinski definition) is 1. The fourth-order valence-corrected chi connectivity index (χ4v) is 1.33. The van der Waals surface area contributed by atoms with Crippen LogP contribution in [-0.4, -0.2) is 9.78 Å². The number of hydrogen-bond donors (Lipinski definition) is 0. The van der Waals surface area contributed by atoms with Crippen LogP contribution in [0.25, 0.3) is 0 Å². The minimum atomic E-state index is 0.549. The Kier molecular flexibility index (Phi) is 4.00. The Morgan fingerprint density at radius 1 is 1.38 bits per heavy atom. The Bertz CT molecular complexity index is 238. The van der Waals surface area contributed by atoms with E-state index >= 15 is 0 Å². The molecular formula is C11H20N2. The number of aromatic nitrogens is 2. The van der Waals surface area contributed by atoms with Crippen LogP contribution in [0.4, 0.5) is 0 Å². The van der Waals surface area contributed by atoms with Crippen molar-refractivity contribution in [2.75, 3.05) is 0 Å². The van der Waals surface area contributed by atoms with Gasteiger partial charge in [0.25, 0.3) is 0 Å². The average molecular weight is 180 g/mol. The van der Waals surface area contributed by atoms with E-state index in [1.165, 1.54) is 25.0 Å². The van der Waals surface area contributed by atoms with E-state index in [9.17, 15) is 0 Å². The molecule has 74 valence electrons. The summed E-state index contributed by atoms with van der Waals surface area (Å²) in [5.74, 6) is 0.549. The predicted octanol–water partition coefficient (Wildman–Crippen LogP) is 3.20. The Morgan fingerprint density at radius 3 is 2.69 bits per heavy atom. The molecule has 1 heterocycles. The van der Waals surface area contributed by atoms with Gasteiger partial charge in [-0.1, -0.05) is 33.6 Å². The Balaban J connectivity index is 2.40. The second kappa shape index (κ2) is 5.05. The van der Waals surface area contributed by atoms with Crippen LogP contribution in [0.2, 0.25) is 0 Å². The smallest absolute Gasteiger partial charge is 0.0649 e. The lowest BCUT2D eigenvalue weighted by atomic mass is 10.1. The molecule has 0 saturated carbocycles. The molecule has 0 spiro atoms. The van der Waals surface area contributed by atoms with Gasteiger partial charge in [-0.05, 0) is 18.4 Å². The maximum absolute atomic E-state index is 4.50. The van der Waals surface area contributed by atoms with E-state index in [0.717, 1.165) is 6.54 Å². The molecule has 2 heteroatoms. The third-order valence-corrected chi connectivity index (χ3v) is 2.24. The molecule has 0 unspecified atom stereocenters. The summed E-state index contributed by atoms with van der Waals surface area (Å²) in [5.41, 5.74) is 1.21. The molecule has 0 fully saturated rings. The number of rotatable bonds is 5. The van der Waals surface area contributed by atoms with Gasteiger partial charge in [-0.15, -0.1) is 0 Å². The van der Waals surface area contributed by atoms with E-state index in [1.807, 2.05) is 0 Å². The highest BCUT2D eigenvalue weighted by atomic mass is 15.3. The molecule has 1 rings (SSSR count). The second-order valence-electron chi connectivity index (χ2n) is 3.87. The summed E-state index contributed by atoms with van der Waals surface area (Å²) in [4.78, 5) is 0. The quantitative estimate of drug-likeness (QED) is 0.636. The molecule has 13 heavy (non-hydrogen) atoms. The first kappa shape index (κ1) is 10.3. The molecule has 0 atom stereocenters. The van der Waals surface area contributed by atoms with Crippen LogP contribution in [0.1, 0.15) is 51.6 Å². The van der Waals surface area contributed by atoms with Gasteiger partial charge < -0.3 is 0 Å². The molecule has 0 bridgehead atoms. The molecule has 0 radical (unpaired) electrons. The molecule has 0 amide bonds. The van der Waals surface area contributed by atoms with Crippen molar-refractivity contribution in [1.29, 1.82) is 0 Å². The molecule has 0 aliphatic heterocycles. The highest BCUT2D eigenvalue weighted by Crippen LogP contribution is 2.10. The van der Waals surface area contributed by atoms with Crippen LogP contribution in [0, 0.1) is 0 Å². The van der Waals surface area contributed by atoms with Crippen molar-refractivity contribution in [3.05, 3.63) is 18.0 Å². The average Bonchev–Trinajstić information content (AvgIpc) is 2.53. The number of aryl methyl sites for hydroxylation is 1. The third-order valence-electron chi connectivity index (χ3n) is 2.24. The van der Waals surface area contributed by atoms with Gasteiger partial charge in [0, 0.05) is 12.7 Å². The van der Waals surface area contributed by atoms with E-state index in [-0.39, 0.29) is 0 Å². The highest BCUT2D eigenvalue weighted by molar-refractivity contribution is 5.03. The van der Waals surface area contributed by atoms with Gasteiger partial charge in [-0.25, -0.2) is 0 Å². The summed E-state index contributed by atoms with van der Waals surface area (Å²) in [6.07, 6.45) is 5.91. The first-order chi connectivity index (χ1) is 6.24. The van der Waals surface area contributed by atoms with Crippen LogP contribution in [0.3, 0.4) is 0 Å². The highest BCUT2D eigenvalue weighted by Gasteiger charge is 2.02. The largest absolute Gasteiger partial charge is 0.272 e. The molecule has 1 aromatic rings. The first-order valence-electron chi connectivity index (χ1n) is 5.27. The van der Waals surface area contributed by atoms with Gasteiger partial charge in [-0.2, -0.15) is 5.10 Å². The van der Waals surface area contributed by atoms with Crippen molar-refractivity contribution in [2.45, 2.75) is 52.5 Å². The molecular weight excluding hydrogens is 160 g/mol. The first-order valence-corrected chi connectivity index (χ1v) is 5.27. The number of nitrogens with zero attached hydrogens (tertiary/aromatic N) is 2. The predicted molar refractivity (Wildman–Crippen MR) is 55.8 cm³/mol. The standard InChI is InChI=1S/C11H20N2/c1-4-5-6-8-13-9-7-11(12-13)10(2)3/h7,9-10H,4-6,8H2,1-3H3. The zero-order chi connectivity index (χ0) is 9.68. The summed E-state index contributed by atoms with van der Waals surface area (Å²) in [6.45, 7) is 7.65. The minimum Gasteiger partial charge on any atom is -0.272 e. The van der Waals surface area contributed by atoms with Crippen molar-refractivity contribution in [3.8, 4) is 0 Å². The van der Waals surface area contributed by atoms with Crippen molar-refractivity contribution in [1.82, 2.24) is 9.78 Å². The third kappa shape index (κ3) is 3.21. The maximum atomic E-state index is 4.50. The monoisotopic (exact) mass is 180 g/mol. The summed E-state index contributed by atoms with van der Waals surface area (Å²) in [7, 11) is 0. The molecule has 0 aromatic carbocycles. The second-order valence-corrected chi connectivity index (χ2v) is 3.87. The van der Waals surface area contributed by atoms with Gasteiger partial charge in [0.1, 0.15) is 0 Å². The fraction of sp³-hybridized carbons (Fsp3) is 0.727. The van der Waals surface area contributed by atoms with Crippen LogP contribution in [0.5, 0.6) is 0 Å². The van der Waals surface area contributed by atoms with Crippen LogP contribution < -0.4 is 0 Å². The van der Waals surface area contributed by atoms with Crippen molar-refractivity contribution in [2.24, 2.45) is 0 Å². The lowest BCUT2D eigenvalue weighted by molar-refractivity contribution is 0.544. The van der Waals surface area contributed by atoms with E-state index < -0.39 is 0 Å². The molecule has 0 aliphatic carbocycles. The zero-order valence-corrected chi connectivity index (χ0v) is 8.95. The lowest BCUT2D eigenvalue weighted by Gasteiger charge is -2.01. The minimum absolute atomic E-state index is 0.549. The summed E-state index contributed by atoms with van der Waals surface area (Å²) in [5, 5.41) is 4.50. The Hall–Kier alpha value is -0.790. The van der Waals surface area contributed by atoms with Gasteiger partial charge >= 0.3 is 0 Å². The molecule has 1 aromatic heterocycles. The summed E-state index contributed by atoms with van der Waals surface area (Å²) < 4.78 is 2.06. The molecule has 0 saturated heterocycles. The van der Waals surface area contributed by atoms with Gasteiger partial charge in [0.2, 0.25) is 0 Å². The molecule has 2 nitrogen and oxygen atoms in total. The Labute approximate surface area is 81.0 Å². The summed E-state index contributed by atoms with van der Waals surface area (Å²) >= 11 is 0. The topological polar surface area (TPSA) is 17.8 Å². The van der Waals surface area contributed by atoms with E-state index in [0.29, 0.717) is 5.92 Å². The SMILES string of the molecule is CCCCCn1ccc(C(C)C)n1. The van der Waals surface area contributed by atoms with Gasteiger partial charge in [0.15, 0.2) is 0 Å².